The van der Waals surface area contributed by atoms with E-state index in [9.17, 15) is 9.18 Å². The maximum atomic E-state index is 14.3. The Hall–Kier alpha value is -3.25. The van der Waals surface area contributed by atoms with Gasteiger partial charge in [0.05, 0.1) is 13.7 Å². The summed E-state index contributed by atoms with van der Waals surface area (Å²) < 4.78 is 19.4. The molecule has 3 aliphatic heterocycles. The quantitative estimate of drug-likeness (QED) is 0.415. The number of anilines is 4. The van der Waals surface area contributed by atoms with Gasteiger partial charge in [-0.1, -0.05) is 6.92 Å². The van der Waals surface area contributed by atoms with E-state index in [0.29, 0.717) is 49.2 Å². The molecule has 39 heavy (non-hydrogen) atoms. The molecule has 12 heteroatoms. The first-order chi connectivity index (χ1) is 19.0. The Labute approximate surface area is 229 Å². The maximum absolute atomic E-state index is 14.3. The second kappa shape index (κ2) is 12.7. The Morgan fingerprint density at radius 3 is 2.54 bits per heavy atom. The van der Waals surface area contributed by atoms with E-state index in [2.05, 4.69) is 37.7 Å². The molecular formula is C27H40FN9O2. The average molecular weight is 542 g/mol. The van der Waals surface area contributed by atoms with Crippen molar-refractivity contribution in [2.45, 2.75) is 51.1 Å². The summed E-state index contributed by atoms with van der Waals surface area (Å²) in [5.74, 6) is 1.32. The first kappa shape index (κ1) is 27.3. The van der Waals surface area contributed by atoms with Crippen LogP contribution in [0, 0.1) is 5.82 Å². The molecule has 0 bridgehead atoms. The van der Waals surface area contributed by atoms with E-state index in [-0.39, 0.29) is 17.7 Å². The highest BCUT2D eigenvalue weighted by Crippen LogP contribution is 2.25. The minimum Gasteiger partial charge on any atom is -0.494 e. The lowest BCUT2D eigenvalue weighted by molar-refractivity contribution is -0.131. The van der Waals surface area contributed by atoms with E-state index in [0.717, 1.165) is 64.8 Å². The zero-order valence-corrected chi connectivity index (χ0v) is 23.0. The van der Waals surface area contributed by atoms with Crippen LogP contribution in [0.3, 0.4) is 0 Å². The molecule has 1 aromatic carbocycles. The van der Waals surface area contributed by atoms with Gasteiger partial charge in [-0.2, -0.15) is 15.0 Å². The fraction of sp³-hybridized carbons (Fsp3) is 0.630. The lowest BCUT2D eigenvalue weighted by atomic mass is 10.0. The second-order valence-electron chi connectivity index (χ2n) is 10.5. The molecule has 5 rings (SSSR count). The van der Waals surface area contributed by atoms with Crippen LogP contribution in [0.4, 0.5) is 27.9 Å². The topological polar surface area (TPSA) is 111 Å². The average Bonchev–Trinajstić information content (AvgIpc) is 3.68. The molecule has 11 nitrogen and oxygen atoms in total. The van der Waals surface area contributed by atoms with Gasteiger partial charge in [-0.15, -0.1) is 0 Å². The number of nitrogens with zero attached hydrogens (tertiary/aromatic N) is 6. The summed E-state index contributed by atoms with van der Waals surface area (Å²) >= 11 is 0. The van der Waals surface area contributed by atoms with Crippen LogP contribution >= 0.6 is 0 Å². The standard InChI is InChI=1S/C27H40FN9O2/c1-3-21(22-7-6-10-29-22)31-26-32-25(30-19-8-9-23(39-2)20(28)17-19)33-27(34-26)37-15-13-35(14-16-37)18-24(38)36-11-4-5-12-36/h8-9,17,21-22,29H,3-7,10-16,18H2,1-2H3,(H2,30,31,32,33,34). The summed E-state index contributed by atoms with van der Waals surface area (Å²) in [6, 6.07) is 5.20. The van der Waals surface area contributed by atoms with Crippen LogP contribution in [0.15, 0.2) is 18.2 Å². The van der Waals surface area contributed by atoms with Gasteiger partial charge >= 0.3 is 0 Å². The van der Waals surface area contributed by atoms with Gasteiger partial charge in [0.15, 0.2) is 11.6 Å². The maximum Gasteiger partial charge on any atom is 0.236 e. The van der Waals surface area contributed by atoms with Crippen molar-refractivity contribution >= 4 is 29.4 Å². The number of carbonyl (C=O) groups is 1. The van der Waals surface area contributed by atoms with E-state index in [4.69, 9.17) is 14.7 Å². The van der Waals surface area contributed by atoms with Crippen molar-refractivity contribution in [3.8, 4) is 5.75 Å². The van der Waals surface area contributed by atoms with Crippen molar-refractivity contribution in [3.05, 3.63) is 24.0 Å². The normalized spacial score (nSPS) is 20.7. The Bertz CT molecular complexity index is 1120. The van der Waals surface area contributed by atoms with Gasteiger partial charge in [0.1, 0.15) is 0 Å². The van der Waals surface area contributed by atoms with Crippen LogP contribution in [0.25, 0.3) is 0 Å². The number of nitrogens with one attached hydrogen (secondary N) is 3. The van der Waals surface area contributed by atoms with Gasteiger partial charge in [0, 0.05) is 63.1 Å². The van der Waals surface area contributed by atoms with Crippen molar-refractivity contribution in [1.82, 2.24) is 30.1 Å². The number of methoxy groups -OCH3 is 1. The van der Waals surface area contributed by atoms with Crippen LogP contribution in [0.5, 0.6) is 5.75 Å². The zero-order chi connectivity index (χ0) is 27.2. The summed E-state index contributed by atoms with van der Waals surface area (Å²) in [5.41, 5.74) is 0.520. The molecule has 3 saturated heterocycles. The highest BCUT2D eigenvalue weighted by atomic mass is 19.1. The molecule has 3 aliphatic rings. The van der Waals surface area contributed by atoms with Crippen molar-refractivity contribution in [3.63, 3.8) is 0 Å². The Morgan fingerprint density at radius 2 is 1.87 bits per heavy atom. The summed E-state index contributed by atoms with van der Waals surface area (Å²) in [6.45, 7) is 8.30. The number of aromatic nitrogens is 3. The van der Waals surface area contributed by atoms with E-state index in [1.807, 2.05) is 4.90 Å². The van der Waals surface area contributed by atoms with E-state index in [1.165, 1.54) is 13.2 Å². The largest absolute Gasteiger partial charge is 0.494 e. The number of rotatable bonds is 10. The molecular weight excluding hydrogens is 501 g/mol. The third-order valence-electron chi connectivity index (χ3n) is 7.84. The number of halogens is 1. The minimum atomic E-state index is -0.465. The molecule has 4 heterocycles. The van der Waals surface area contributed by atoms with Crippen molar-refractivity contribution in [2.24, 2.45) is 0 Å². The first-order valence-electron chi connectivity index (χ1n) is 14.1. The number of amides is 1. The summed E-state index contributed by atoms with van der Waals surface area (Å²) in [5, 5.41) is 10.2. The molecule has 212 valence electrons. The summed E-state index contributed by atoms with van der Waals surface area (Å²) in [6.07, 6.45) is 5.40. The number of benzene rings is 1. The van der Waals surface area contributed by atoms with Crippen molar-refractivity contribution in [1.29, 1.82) is 0 Å². The lowest BCUT2D eigenvalue weighted by Gasteiger charge is -2.35. The number of piperazine rings is 1. The third-order valence-corrected chi connectivity index (χ3v) is 7.84. The van der Waals surface area contributed by atoms with Gasteiger partial charge in [-0.3, -0.25) is 9.69 Å². The number of ether oxygens (including phenoxy) is 1. The van der Waals surface area contributed by atoms with Crippen LogP contribution < -0.4 is 25.6 Å². The molecule has 2 unspecified atom stereocenters. The Balaban J connectivity index is 1.31. The van der Waals surface area contributed by atoms with E-state index < -0.39 is 5.82 Å². The van der Waals surface area contributed by atoms with E-state index in [1.54, 1.807) is 12.1 Å². The highest BCUT2D eigenvalue weighted by Gasteiger charge is 2.27. The molecule has 2 aromatic rings. The monoisotopic (exact) mass is 541 g/mol. The molecule has 3 fully saturated rings. The van der Waals surface area contributed by atoms with Gasteiger partial charge in [0.25, 0.3) is 0 Å². The summed E-state index contributed by atoms with van der Waals surface area (Å²) in [4.78, 5) is 33.0. The predicted molar refractivity (Wildman–Crippen MR) is 149 cm³/mol. The fourth-order valence-electron chi connectivity index (χ4n) is 5.57. The summed E-state index contributed by atoms with van der Waals surface area (Å²) in [7, 11) is 1.44. The molecule has 1 amide bonds. The highest BCUT2D eigenvalue weighted by molar-refractivity contribution is 5.78. The van der Waals surface area contributed by atoms with Crippen LogP contribution in [-0.4, -0.2) is 102 Å². The van der Waals surface area contributed by atoms with Gasteiger partial charge in [-0.25, -0.2) is 4.39 Å². The van der Waals surface area contributed by atoms with Crippen LogP contribution in [0.1, 0.15) is 39.0 Å². The molecule has 0 saturated carbocycles. The molecule has 1 aromatic heterocycles. The van der Waals surface area contributed by atoms with Gasteiger partial charge in [0.2, 0.25) is 23.8 Å². The van der Waals surface area contributed by atoms with E-state index >= 15 is 0 Å². The first-order valence-corrected chi connectivity index (χ1v) is 14.1. The van der Waals surface area contributed by atoms with Gasteiger partial charge < -0.3 is 30.5 Å². The number of hydrogen-bond acceptors (Lipinski definition) is 10. The Morgan fingerprint density at radius 1 is 1.10 bits per heavy atom. The number of likely N-dealkylation sites (tertiary alicyclic amines) is 1. The molecule has 2 atom stereocenters. The van der Waals surface area contributed by atoms with Crippen molar-refractivity contribution in [2.75, 3.05) is 75.0 Å². The minimum absolute atomic E-state index is 0.176. The molecule has 0 radical (unpaired) electrons. The molecule has 0 spiro atoms. The van der Waals surface area contributed by atoms with Gasteiger partial charge in [-0.05, 0) is 50.8 Å². The number of carbonyl (C=O) groups excluding carboxylic acids is 1. The second-order valence-corrected chi connectivity index (χ2v) is 10.5. The molecule has 0 aliphatic carbocycles. The smallest absolute Gasteiger partial charge is 0.236 e. The Kier molecular flexibility index (Phi) is 8.92. The van der Waals surface area contributed by atoms with Crippen LogP contribution in [0.2, 0.25) is 0 Å². The van der Waals surface area contributed by atoms with Crippen molar-refractivity contribution < 1.29 is 13.9 Å². The number of hydrogen-bond donors (Lipinski definition) is 3. The third kappa shape index (κ3) is 6.85. The molecule has 3 N–H and O–H groups in total. The lowest BCUT2D eigenvalue weighted by Crippen LogP contribution is -2.50. The predicted octanol–water partition coefficient (Wildman–Crippen LogP) is 2.45. The van der Waals surface area contributed by atoms with Crippen LogP contribution in [-0.2, 0) is 4.79 Å². The fourth-order valence-corrected chi connectivity index (χ4v) is 5.57. The SMILES string of the molecule is CCC(Nc1nc(Nc2ccc(OC)c(F)c2)nc(N2CCN(CC(=O)N3CCCC3)CC2)n1)C1CCCN1. The zero-order valence-electron chi connectivity index (χ0n) is 23.0.